The van der Waals surface area contributed by atoms with Crippen molar-refractivity contribution in [2.45, 2.75) is 6.42 Å². The smallest absolute Gasteiger partial charge is 0.234 e. The Morgan fingerprint density at radius 2 is 2.43 bits per heavy atom. The number of nitrogens with zero attached hydrogens (tertiary/aromatic N) is 2. The molecule has 5 heteroatoms. The van der Waals surface area contributed by atoms with Gasteiger partial charge in [-0.05, 0) is 22.4 Å². The third-order valence-corrected chi connectivity index (χ3v) is 2.41. The molecule has 1 rings (SSSR count). The average molecular weight is 257 g/mol. The van der Waals surface area contributed by atoms with Gasteiger partial charge in [0.15, 0.2) is 0 Å². The van der Waals surface area contributed by atoms with Crippen molar-refractivity contribution in [3.63, 3.8) is 0 Å². The molecule has 0 radical (unpaired) electrons. The summed E-state index contributed by atoms with van der Waals surface area (Å²) in [4.78, 5) is 17.3. The lowest BCUT2D eigenvalue weighted by Gasteiger charge is -2.07. The third-order valence-electron chi connectivity index (χ3n) is 1.72. The SMILES string of the molecule is COc1cncc(Br)c1CCN=C=O. The van der Waals surface area contributed by atoms with Gasteiger partial charge in [0.05, 0.1) is 19.9 Å². The Morgan fingerprint density at radius 3 is 3.07 bits per heavy atom. The lowest BCUT2D eigenvalue weighted by atomic mass is 10.2. The van der Waals surface area contributed by atoms with Crippen LogP contribution >= 0.6 is 15.9 Å². The zero-order valence-corrected chi connectivity index (χ0v) is 9.24. The molecule has 0 amide bonds. The van der Waals surface area contributed by atoms with Crippen LogP contribution in [0.1, 0.15) is 5.56 Å². The first-order valence-corrected chi connectivity index (χ1v) is 4.79. The molecule has 14 heavy (non-hydrogen) atoms. The van der Waals surface area contributed by atoms with Crippen molar-refractivity contribution in [3.05, 3.63) is 22.4 Å². The summed E-state index contributed by atoms with van der Waals surface area (Å²) < 4.78 is 5.98. The van der Waals surface area contributed by atoms with Crippen LogP contribution in [-0.4, -0.2) is 24.7 Å². The van der Waals surface area contributed by atoms with Gasteiger partial charge < -0.3 is 4.74 Å². The van der Waals surface area contributed by atoms with Gasteiger partial charge in [-0.2, -0.15) is 0 Å². The number of hydrogen-bond donors (Lipinski definition) is 0. The molecule has 0 saturated carbocycles. The summed E-state index contributed by atoms with van der Waals surface area (Å²) in [6, 6.07) is 0. The van der Waals surface area contributed by atoms with Crippen molar-refractivity contribution in [1.29, 1.82) is 0 Å². The Kier molecular flexibility index (Phi) is 4.29. The van der Waals surface area contributed by atoms with Gasteiger partial charge in [-0.15, -0.1) is 0 Å². The quantitative estimate of drug-likeness (QED) is 0.609. The maximum Gasteiger partial charge on any atom is 0.234 e. The number of carbonyl (C=O) groups excluding carboxylic acids is 1. The molecule has 0 aliphatic heterocycles. The van der Waals surface area contributed by atoms with E-state index in [-0.39, 0.29) is 0 Å². The van der Waals surface area contributed by atoms with Crippen LogP contribution in [0.2, 0.25) is 0 Å². The Morgan fingerprint density at radius 1 is 1.64 bits per heavy atom. The van der Waals surface area contributed by atoms with E-state index in [9.17, 15) is 4.79 Å². The molecule has 0 N–H and O–H groups in total. The Balaban J connectivity index is 2.87. The van der Waals surface area contributed by atoms with Gasteiger partial charge in [0, 0.05) is 16.2 Å². The predicted molar refractivity (Wildman–Crippen MR) is 55.2 cm³/mol. The number of ether oxygens (including phenoxy) is 1. The molecule has 0 saturated heterocycles. The molecular weight excluding hydrogens is 248 g/mol. The first-order chi connectivity index (χ1) is 6.79. The van der Waals surface area contributed by atoms with E-state index in [4.69, 9.17) is 4.74 Å². The zero-order chi connectivity index (χ0) is 10.4. The van der Waals surface area contributed by atoms with Gasteiger partial charge in [-0.3, -0.25) is 4.98 Å². The van der Waals surface area contributed by atoms with Crippen LogP contribution in [0.15, 0.2) is 21.9 Å². The molecule has 0 atom stereocenters. The summed E-state index contributed by atoms with van der Waals surface area (Å²) in [6.45, 7) is 0.405. The fourth-order valence-electron chi connectivity index (χ4n) is 1.08. The molecule has 1 aromatic heterocycles. The largest absolute Gasteiger partial charge is 0.495 e. The predicted octanol–water partition coefficient (Wildman–Crippen LogP) is 1.73. The van der Waals surface area contributed by atoms with Crippen molar-refractivity contribution in [2.75, 3.05) is 13.7 Å². The molecule has 0 bridgehead atoms. The summed E-state index contributed by atoms with van der Waals surface area (Å²) in [6.07, 6.45) is 5.44. The lowest BCUT2D eigenvalue weighted by Crippen LogP contribution is -1.97. The van der Waals surface area contributed by atoms with Crippen LogP contribution < -0.4 is 4.74 Å². The number of pyridine rings is 1. The highest BCUT2D eigenvalue weighted by Crippen LogP contribution is 2.25. The van der Waals surface area contributed by atoms with E-state index in [1.165, 1.54) is 6.08 Å². The van der Waals surface area contributed by atoms with E-state index in [1.54, 1.807) is 19.5 Å². The topological polar surface area (TPSA) is 51.6 Å². The van der Waals surface area contributed by atoms with Crippen molar-refractivity contribution in [3.8, 4) is 5.75 Å². The van der Waals surface area contributed by atoms with E-state index in [0.29, 0.717) is 18.7 Å². The molecule has 1 aromatic rings. The number of halogens is 1. The second-order valence-electron chi connectivity index (χ2n) is 2.53. The fourth-order valence-corrected chi connectivity index (χ4v) is 1.59. The van der Waals surface area contributed by atoms with Crippen molar-refractivity contribution >= 4 is 22.0 Å². The van der Waals surface area contributed by atoms with Crippen molar-refractivity contribution in [1.82, 2.24) is 4.98 Å². The second kappa shape index (κ2) is 5.52. The minimum absolute atomic E-state index is 0.405. The number of aromatic nitrogens is 1. The van der Waals surface area contributed by atoms with Crippen LogP contribution in [0.3, 0.4) is 0 Å². The second-order valence-corrected chi connectivity index (χ2v) is 3.38. The van der Waals surface area contributed by atoms with Crippen LogP contribution in [0, 0.1) is 0 Å². The van der Waals surface area contributed by atoms with Gasteiger partial charge in [0.25, 0.3) is 0 Å². The van der Waals surface area contributed by atoms with Crippen LogP contribution in [0.5, 0.6) is 5.75 Å². The van der Waals surface area contributed by atoms with Gasteiger partial charge in [-0.25, -0.2) is 9.79 Å². The highest BCUT2D eigenvalue weighted by molar-refractivity contribution is 9.10. The van der Waals surface area contributed by atoms with Crippen LogP contribution in [0.4, 0.5) is 0 Å². The van der Waals surface area contributed by atoms with Crippen molar-refractivity contribution < 1.29 is 9.53 Å². The maximum absolute atomic E-state index is 9.89. The van der Waals surface area contributed by atoms with E-state index in [0.717, 1.165) is 10.0 Å². The highest BCUT2D eigenvalue weighted by Gasteiger charge is 2.06. The summed E-state index contributed by atoms with van der Waals surface area (Å²) in [5.41, 5.74) is 0.960. The van der Waals surface area contributed by atoms with E-state index < -0.39 is 0 Å². The van der Waals surface area contributed by atoms with E-state index >= 15 is 0 Å². The van der Waals surface area contributed by atoms with Crippen molar-refractivity contribution in [2.24, 2.45) is 4.99 Å². The normalized spacial score (nSPS) is 9.29. The Labute approximate surface area is 90.1 Å². The maximum atomic E-state index is 9.89. The molecule has 0 spiro atoms. The molecule has 4 nitrogen and oxygen atoms in total. The summed E-state index contributed by atoms with van der Waals surface area (Å²) >= 11 is 3.36. The number of methoxy groups -OCH3 is 1. The summed E-state index contributed by atoms with van der Waals surface area (Å²) in [5.74, 6) is 0.695. The van der Waals surface area contributed by atoms with E-state index in [1.807, 2.05) is 0 Å². The standard InChI is InChI=1S/C9H9BrN2O2/c1-14-9-5-12-4-8(10)7(9)2-3-11-6-13/h4-5H,2-3H2,1H3. The van der Waals surface area contributed by atoms with Gasteiger partial charge >= 0.3 is 0 Å². The first kappa shape index (κ1) is 10.9. The number of hydrogen-bond acceptors (Lipinski definition) is 4. The molecule has 0 aliphatic rings. The number of aliphatic imine (C=N–C) groups is 1. The molecule has 1 heterocycles. The molecule has 74 valence electrons. The summed E-state index contributed by atoms with van der Waals surface area (Å²) in [5, 5.41) is 0. The fraction of sp³-hybridized carbons (Fsp3) is 0.333. The van der Waals surface area contributed by atoms with E-state index in [2.05, 4.69) is 25.9 Å². The van der Waals surface area contributed by atoms with Gasteiger partial charge in [-0.1, -0.05) is 0 Å². The average Bonchev–Trinajstić information content (AvgIpc) is 2.20. The molecule has 0 aliphatic carbocycles. The minimum atomic E-state index is 0.405. The third kappa shape index (κ3) is 2.65. The van der Waals surface area contributed by atoms with Gasteiger partial charge in [0.1, 0.15) is 5.75 Å². The molecule has 0 unspecified atom stereocenters. The number of isocyanates is 1. The highest BCUT2D eigenvalue weighted by atomic mass is 79.9. The molecule has 0 aromatic carbocycles. The van der Waals surface area contributed by atoms with Crippen LogP contribution in [-0.2, 0) is 11.2 Å². The molecule has 0 fully saturated rings. The van der Waals surface area contributed by atoms with Crippen LogP contribution in [0.25, 0.3) is 0 Å². The summed E-state index contributed by atoms with van der Waals surface area (Å²) in [7, 11) is 1.58. The minimum Gasteiger partial charge on any atom is -0.495 e. The lowest BCUT2D eigenvalue weighted by molar-refractivity contribution is 0.407. The monoisotopic (exact) mass is 256 g/mol. The Hall–Kier alpha value is -1.19. The molecular formula is C9H9BrN2O2. The van der Waals surface area contributed by atoms with Gasteiger partial charge in [0.2, 0.25) is 6.08 Å². The zero-order valence-electron chi connectivity index (χ0n) is 7.66. The number of rotatable bonds is 4. The Bertz CT molecular complexity index is 362. The first-order valence-electron chi connectivity index (χ1n) is 3.99.